The van der Waals surface area contributed by atoms with Crippen molar-refractivity contribution in [2.45, 2.75) is 6.10 Å². The van der Waals surface area contributed by atoms with Crippen molar-refractivity contribution in [1.29, 1.82) is 0 Å². The van der Waals surface area contributed by atoms with E-state index >= 15 is 0 Å². The number of benzene rings is 1. The number of hydrogen-bond acceptors (Lipinski definition) is 5. The van der Waals surface area contributed by atoms with Crippen LogP contribution in [0.15, 0.2) is 42.5 Å². The number of anilines is 1. The van der Waals surface area contributed by atoms with Crippen LogP contribution in [0.4, 0.5) is 5.82 Å². The van der Waals surface area contributed by atoms with Crippen molar-refractivity contribution < 1.29 is 19.4 Å². The maximum Gasteiger partial charge on any atom is 0.354 e. The summed E-state index contributed by atoms with van der Waals surface area (Å²) in [5.41, 5.74) is 1.08. The van der Waals surface area contributed by atoms with Gasteiger partial charge in [-0.3, -0.25) is 0 Å². The molecular weight excluding hydrogens is 296 g/mol. The molecule has 2 aromatic rings. The Morgan fingerprint density at radius 1 is 1.35 bits per heavy atom. The third-order valence-electron chi connectivity index (χ3n) is 3.81. The lowest BCUT2D eigenvalue weighted by Crippen LogP contribution is -2.39. The van der Waals surface area contributed by atoms with Crippen LogP contribution in [0.1, 0.15) is 22.2 Å². The summed E-state index contributed by atoms with van der Waals surface area (Å²) in [6.45, 7) is 1.85. The predicted octanol–water partition coefficient (Wildman–Crippen LogP) is 2.37. The molecule has 3 rings (SSSR count). The smallest absolute Gasteiger partial charge is 0.354 e. The van der Waals surface area contributed by atoms with Crippen molar-refractivity contribution in [3.8, 4) is 5.75 Å². The molecule has 1 aliphatic heterocycles. The number of rotatable bonds is 4. The Morgan fingerprint density at radius 2 is 2.17 bits per heavy atom. The van der Waals surface area contributed by atoms with E-state index in [1.807, 2.05) is 35.2 Å². The second-order valence-electron chi connectivity index (χ2n) is 5.27. The first-order valence-electron chi connectivity index (χ1n) is 7.38. The van der Waals surface area contributed by atoms with E-state index in [0.717, 1.165) is 11.3 Å². The van der Waals surface area contributed by atoms with Gasteiger partial charge < -0.3 is 19.5 Å². The highest BCUT2D eigenvalue weighted by atomic mass is 16.5. The fourth-order valence-electron chi connectivity index (χ4n) is 2.62. The topological polar surface area (TPSA) is 71.9 Å². The molecule has 0 saturated carbocycles. The van der Waals surface area contributed by atoms with Gasteiger partial charge in [-0.1, -0.05) is 18.2 Å². The number of carboxylic acids is 1. The molecule has 6 heteroatoms. The van der Waals surface area contributed by atoms with Gasteiger partial charge in [-0.15, -0.1) is 0 Å². The van der Waals surface area contributed by atoms with Crippen LogP contribution < -0.4 is 9.64 Å². The molecule has 0 amide bonds. The number of pyridine rings is 1. The van der Waals surface area contributed by atoms with Crippen LogP contribution in [0.3, 0.4) is 0 Å². The molecule has 2 heterocycles. The largest absolute Gasteiger partial charge is 0.497 e. The Hall–Kier alpha value is -2.60. The predicted molar refractivity (Wildman–Crippen MR) is 85.1 cm³/mol. The van der Waals surface area contributed by atoms with Crippen molar-refractivity contribution in [3.63, 3.8) is 0 Å². The summed E-state index contributed by atoms with van der Waals surface area (Å²) in [7, 11) is 1.63. The molecule has 1 saturated heterocycles. The lowest BCUT2D eigenvalue weighted by atomic mass is 10.1. The van der Waals surface area contributed by atoms with Gasteiger partial charge in [0.25, 0.3) is 0 Å². The van der Waals surface area contributed by atoms with Gasteiger partial charge in [-0.05, 0) is 29.8 Å². The zero-order valence-corrected chi connectivity index (χ0v) is 12.8. The van der Waals surface area contributed by atoms with E-state index in [4.69, 9.17) is 14.6 Å². The normalized spacial score (nSPS) is 17.8. The minimum atomic E-state index is -1.02. The fourth-order valence-corrected chi connectivity index (χ4v) is 2.62. The number of aromatic carboxylic acids is 1. The zero-order chi connectivity index (χ0) is 16.2. The first-order valence-corrected chi connectivity index (χ1v) is 7.38. The molecular formula is C17H18N2O4. The van der Waals surface area contributed by atoms with Crippen LogP contribution in [0.5, 0.6) is 5.75 Å². The average Bonchev–Trinajstić information content (AvgIpc) is 2.62. The number of methoxy groups -OCH3 is 1. The van der Waals surface area contributed by atoms with Crippen LogP contribution in [0.25, 0.3) is 0 Å². The number of morpholine rings is 1. The van der Waals surface area contributed by atoms with E-state index in [1.165, 1.54) is 6.07 Å². The third kappa shape index (κ3) is 3.43. The van der Waals surface area contributed by atoms with Gasteiger partial charge in [0, 0.05) is 13.1 Å². The quantitative estimate of drug-likeness (QED) is 0.934. The summed E-state index contributed by atoms with van der Waals surface area (Å²) < 4.78 is 11.1. The third-order valence-corrected chi connectivity index (χ3v) is 3.81. The van der Waals surface area contributed by atoms with Crippen LogP contribution in [0, 0.1) is 0 Å². The van der Waals surface area contributed by atoms with Crippen molar-refractivity contribution in [3.05, 3.63) is 53.7 Å². The Kier molecular flexibility index (Phi) is 4.43. The van der Waals surface area contributed by atoms with Crippen molar-refractivity contribution in [1.82, 2.24) is 4.98 Å². The van der Waals surface area contributed by atoms with Crippen molar-refractivity contribution in [2.75, 3.05) is 31.7 Å². The number of carbonyl (C=O) groups is 1. The molecule has 1 N–H and O–H groups in total. The summed E-state index contributed by atoms with van der Waals surface area (Å²) in [5, 5.41) is 9.08. The van der Waals surface area contributed by atoms with Crippen molar-refractivity contribution in [2.24, 2.45) is 0 Å². The maximum absolute atomic E-state index is 11.1. The highest BCUT2D eigenvalue weighted by molar-refractivity contribution is 5.85. The summed E-state index contributed by atoms with van der Waals surface area (Å²) in [6, 6.07) is 12.8. The first-order chi connectivity index (χ1) is 11.2. The van der Waals surface area contributed by atoms with Crippen LogP contribution in [-0.2, 0) is 4.74 Å². The van der Waals surface area contributed by atoms with Gasteiger partial charge in [0.1, 0.15) is 17.7 Å². The average molecular weight is 314 g/mol. The van der Waals surface area contributed by atoms with E-state index in [0.29, 0.717) is 25.5 Å². The Bertz CT molecular complexity index is 704. The van der Waals surface area contributed by atoms with Gasteiger partial charge in [-0.2, -0.15) is 0 Å². The minimum Gasteiger partial charge on any atom is -0.497 e. The monoisotopic (exact) mass is 314 g/mol. The van der Waals surface area contributed by atoms with Gasteiger partial charge in [0.15, 0.2) is 5.69 Å². The summed E-state index contributed by atoms with van der Waals surface area (Å²) in [5.74, 6) is 0.416. The highest BCUT2D eigenvalue weighted by Crippen LogP contribution is 2.27. The van der Waals surface area contributed by atoms with Gasteiger partial charge in [-0.25, -0.2) is 9.78 Å². The first kappa shape index (κ1) is 15.3. The number of hydrogen-bond donors (Lipinski definition) is 1. The number of carboxylic acid groups (broad SMARTS) is 1. The number of ether oxygens (including phenoxy) is 2. The molecule has 0 bridgehead atoms. The summed E-state index contributed by atoms with van der Waals surface area (Å²) in [4.78, 5) is 17.3. The van der Waals surface area contributed by atoms with Crippen LogP contribution in [-0.4, -0.2) is 42.9 Å². The molecule has 1 fully saturated rings. The second kappa shape index (κ2) is 6.66. The minimum absolute atomic E-state index is 0.0481. The molecule has 1 aromatic heterocycles. The van der Waals surface area contributed by atoms with Gasteiger partial charge in [0.2, 0.25) is 0 Å². The number of nitrogens with zero attached hydrogens (tertiary/aromatic N) is 2. The molecule has 0 spiro atoms. The second-order valence-corrected chi connectivity index (χ2v) is 5.27. The standard InChI is InChI=1S/C17H18N2O4/c1-22-13-5-2-4-12(10-13)15-11-19(8-9-23-15)16-7-3-6-14(18-16)17(20)21/h2-7,10,15H,8-9,11H2,1H3,(H,20,21). The molecule has 23 heavy (non-hydrogen) atoms. The Balaban J connectivity index is 1.80. The van der Waals surface area contributed by atoms with Crippen LogP contribution >= 0.6 is 0 Å². The zero-order valence-electron chi connectivity index (χ0n) is 12.8. The summed E-state index contributed by atoms with van der Waals surface area (Å²) >= 11 is 0. The molecule has 1 aliphatic rings. The van der Waals surface area contributed by atoms with E-state index in [1.54, 1.807) is 13.2 Å². The van der Waals surface area contributed by atoms with Crippen LogP contribution in [0.2, 0.25) is 0 Å². The Labute approximate surface area is 134 Å². The molecule has 1 aromatic carbocycles. The highest BCUT2D eigenvalue weighted by Gasteiger charge is 2.23. The lowest BCUT2D eigenvalue weighted by molar-refractivity contribution is 0.0394. The molecule has 6 nitrogen and oxygen atoms in total. The maximum atomic E-state index is 11.1. The molecule has 120 valence electrons. The molecule has 0 radical (unpaired) electrons. The molecule has 1 atom stereocenters. The fraction of sp³-hybridized carbons (Fsp3) is 0.294. The number of aromatic nitrogens is 1. The molecule has 1 unspecified atom stereocenters. The lowest BCUT2D eigenvalue weighted by Gasteiger charge is -2.34. The van der Waals surface area contributed by atoms with Gasteiger partial charge >= 0.3 is 5.97 Å². The van der Waals surface area contributed by atoms with E-state index < -0.39 is 5.97 Å². The summed E-state index contributed by atoms with van der Waals surface area (Å²) in [6.07, 6.45) is -0.103. The van der Waals surface area contributed by atoms with E-state index in [2.05, 4.69) is 4.98 Å². The molecule has 0 aliphatic carbocycles. The van der Waals surface area contributed by atoms with Crippen molar-refractivity contribution >= 4 is 11.8 Å². The Morgan fingerprint density at radius 3 is 2.96 bits per heavy atom. The van der Waals surface area contributed by atoms with Gasteiger partial charge in [0.05, 0.1) is 13.7 Å². The van der Waals surface area contributed by atoms with E-state index in [-0.39, 0.29) is 11.8 Å². The SMILES string of the molecule is COc1cccc(C2CN(c3cccc(C(=O)O)n3)CCO2)c1. The van der Waals surface area contributed by atoms with E-state index in [9.17, 15) is 4.79 Å².